The van der Waals surface area contributed by atoms with E-state index in [-0.39, 0.29) is 11.6 Å². The van der Waals surface area contributed by atoms with Gasteiger partial charge in [-0.1, -0.05) is 30.3 Å². The highest BCUT2D eigenvalue weighted by Gasteiger charge is 2.11. The van der Waals surface area contributed by atoms with Crippen molar-refractivity contribution in [3.05, 3.63) is 65.0 Å². The summed E-state index contributed by atoms with van der Waals surface area (Å²) in [5, 5.41) is 0.493. The third kappa shape index (κ3) is 2.08. The smallest absolute Gasteiger partial charge is 0.348 e. The van der Waals surface area contributed by atoms with E-state index in [4.69, 9.17) is 4.42 Å². The van der Waals surface area contributed by atoms with Gasteiger partial charge in [-0.3, -0.25) is 4.90 Å². The molecule has 0 unspecified atom stereocenters. The highest BCUT2D eigenvalue weighted by Crippen LogP contribution is 2.21. The van der Waals surface area contributed by atoms with Gasteiger partial charge in [0.05, 0.1) is 10.9 Å². The number of benzene rings is 2. The lowest BCUT2D eigenvalue weighted by atomic mass is 10.2. The first-order valence-electron chi connectivity index (χ1n) is 5.94. The highest BCUT2D eigenvalue weighted by atomic mass is 16.4. The third-order valence-electron chi connectivity index (χ3n) is 2.95. The second-order valence-electron chi connectivity index (χ2n) is 4.20. The standard InChI is InChI=1S/C15H12N2O2/c1-17(11-7-3-2-4-8-11)15-16-13-10-6-5-9-12(13)14(18)19-15/h2-10H,1H3. The van der Waals surface area contributed by atoms with Crippen LogP contribution in [0.2, 0.25) is 0 Å². The van der Waals surface area contributed by atoms with Crippen molar-refractivity contribution in [2.75, 3.05) is 11.9 Å². The van der Waals surface area contributed by atoms with Crippen molar-refractivity contribution in [1.82, 2.24) is 4.98 Å². The third-order valence-corrected chi connectivity index (χ3v) is 2.95. The summed E-state index contributed by atoms with van der Waals surface area (Å²) in [7, 11) is 1.81. The molecule has 0 aliphatic heterocycles. The molecule has 0 saturated heterocycles. The lowest BCUT2D eigenvalue weighted by Gasteiger charge is -2.15. The number of fused-ring (bicyclic) bond motifs is 1. The number of hydrogen-bond acceptors (Lipinski definition) is 4. The quantitative estimate of drug-likeness (QED) is 0.703. The lowest BCUT2D eigenvalue weighted by Crippen LogP contribution is -2.14. The zero-order valence-corrected chi connectivity index (χ0v) is 10.4. The normalized spacial score (nSPS) is 10.6. The maximum Gasteiger partial charge on any atom is 0.348 e. The Labute approximate surface area is 109 Å². The average Bonchev–Trinajstić information content (AvgIpc) is 2.47. The van der Waals surface area contributed by atoms with Gasteiger partial charge >= 0.3 is 11.6 Å². The van der Waals surface area contributed by atoms with E-state index >= 15 is 0 Å². The highest BCUT2D eigenvalue weighted by molar-refractivity contribution is 5.78. The molecule has 0 N–H and O–H groups in total. The molecule has 0 amide bonds. The van der Waals surface area contributed by atoms with Gasteiger partial charge in [-0.15, -0.1) is 0 Å². The molecular weight excluding hydrogens is 240 g/mol. The SMILES string of the molecule is CN(c1ccccc1)c1nc2ccccc2c(=O)o1. The number of hydrogen-bond donors (Lipinski definition) is 0. The number of rotatable bonds is 2. The lowest BCUT2D eigenvalue weighted by molar-refractivity contribution is 0.507. The molecule has 94 valence electrons. The number of para-hydroxylation sites is 2. The van der Waals surface area contributed by atoms with Crippen molar-refractivity contribution < 1.29 is 4.42 Å². The zero-order chi connectivity index (χ0) is 13.2. The fourth-order valence-corrected chi connectivity index (χ4v) is 1.91. The summed E-state index contributed by atoms with van der Waals surface area (Å²) in [6, 6.07) is 17.1. The second-order valence-corrected chi connectivity index (χ2v) is 4.20. The monoisotopic (exact) mass is 252 g/mol. The largest absolute Gasteiger partial charge is 0.388 e. The fraction of sp³-hybridized carbons (Fsp3) is 0.0667. The topological polar surface area (TPSA) is 46.3 Å². The molecule has 3 rings (SSSR count). The molecule has 1 aromatic heterocycles. The molecule has 0 spiro atoms. The van der Waals surface area contributed by atoms with Crippen molar-refractivity contribution in [2.24, 2.45) is 0 Å². The molecule has 4 nitrogen and oxygen atoms in total. The molecule has 0 radical (unpaired) electrons. The molecule has 0 saturated carbocycles. The van der Waals surface area contributed by atoms with Crippen molar-refractivity contribution in [3.8, 4) is 0 Å². The number of anilines is 2. The minimum absolute atomic E-state index is 0.287. The second kappa shape index (κ2) is 4.57. The van der Waals surface area contributed by atoms with E-state index in [2.05, 4.69) is 4.98 Å². The van der Waals surface area contributed by atoms with Crippen LogP contribution in [0.15, 0.2) is 63.8 Å². The average molecular weight is 252 g/mol. The predicted molar refractivity (Wildman–Crippen MR) is 74.8 cm³/mol. The van der Waals surface area contributed by atoms with Crippen molar-refractivity contribution >= 4 is 22.6 Å². The first-order valence-corrected chi connectivity index (χ1v) is 5.94. The predicted octanol–water partition coefficient (Wildman–Crippen LogP) is 2.96. The first-order chi connectivity index (χ1) is 9.25. The maximum absolute atomic E-state index is 11.9. The summed E-state index contributed by atoms with van der Waals surface area (Å²) < 4.78 is 5.27. The van der Waals surface area contributed by atoms with Gasteiger partial charge in [0.1, 0.15) is 0 Å². The van der Waals surface area contributed by atoms with Crippen LogP contribution >= 0.6 is 0 Å². The van der Waals surface area contributed by atoms with Gasteiger partial charge < -0.3 is 4.42 Å². The van der Waals surface area contributed by atoms with Crippen LogP contribution in [0.5, 0.6) is 0 Å². The minimum Gasteiger partial charge on any atom is -0.388 e. The molecule has 2 aromatic carbocycles. The van der Waals surface area contributed by atoms with Crippen LogP contribution in [0.3, 0.4) is 0 Å². The van der Waals surface area contributed by atoms with E-state index in [0.717, 1.165) is 5.69 Å². The van der Waals surface area contributed by atoms with Gasteiger partial charge in [0, 0.05) is 12.7 Å². The summed E-state index contributed by atoms with van der Waals surface area (Å²) in [6.45, 7) is 0. The summed E-state index contributed by atoms with van der Waals surface area (Å²) in [5.74, 6) is 0. The van der Waals surface area contributed by atoms with Crippen molar-refractivity contribution in [3.63, 3.8) is 0 Å². The van der Waals surface area contributed by atoms with Crippen molar-refractivity contribution in [2.45, 2.75) is 0 Å². The Morgan fingerprint density at radius 2 is 1.68 bits per heavy atom. The molecule has 0 fully saturated rings. The van der Waals surface area contributed by atoms with Gasteiger partial charge in [0.2, 0.25) is 0 Å². The Morgan fingerprint density at radius 3 is 2.47 bits per heavy atom. The number of nitrogens with zero attached hydrogens (tertiary/aromatic N) is 2. The molecule has 3 aromatic rings. The molecule has 19 heavy (non-hydrogen) atoms. The van der Waals surface area contributed by atoms with Crippen LogP contribution in [-0.2, 0) is 0 Å². The summed E-state index contributed by atoms with van der Waals surface area (Å²) in [5.41, 5.74) is 1.17. The van der Waals surface area contributed by atoms with E-state index in [9.17, 15) is 4.79 Å². The first kappa shape index (κ1) is 11.5. The number of aromatic nitrogens is 1. The van der Waals surface area contributed by atoms with Gasteiger partial charge in [0.15, 0.2) is 0 Å². The van der Waals surface area contributed by atoms with Gasteiger partial charge in [0.25, 0.3) is 0 Å². The summed E-state index contributed by atoms with van der Waals surface area (Å²) in [6.07, 6.45) is 0. The summed E-state index contributed by atoms with van der Waals surface area (Å²) in [4.78, 5) is 18.0. The molecule has 1 heterocycles. The Balaban J connectivity index is 2.14. The van der Waals surface area contributed by atoms with Crippen molar-refractivity contribution in [1.29, 1.82) is 0 Å². The van der Waals surface area contributed by atoms with Gasteiger partial charge in [-0.05, 0) is 24.3 Å². The Bertz CT molecular complexity index is 766. The van der Waals surface area contributed by atoms with Crippen LogP contribution in [0, 0.1) is 0 Å². The molecule has 0 bridgehead atoms. The zero-order valence-electron chi connectivity index (χ0n) is 10.4. The van der Waals surface area contributed by atoms with Crippen LogP contribution in [0.1, 0.15) is 0 Å². The van der Waals surface area contributed by atoms with E-state index in [0.29, 0.717) is 10.9 Å². The molecule has 0 atom stereocenters. The fourth-order valence-electron chi connectivity index (χ4n) is 1.91. The Kier molecular flexibility index (Phi) is 2.76. The molecule has 0 aliphatic carbocycles. The van der Waals surface area contributed by atoms with Gasteiger partial charge in [-0.25, -0.2) is 4.79 Å². The van der Waals surface area contributed by atoms with Crippen LogP contribution in [0.25, 0.3) is 10.9 Å². The van der Waals surface area contributed by atoms with E-state index in [1.54, 1.807) is 23.1 Å². The Hall–Kier alpha value is -2.62. The van der Waals surface area contributed by atoms with Crippen LogP contribution in [0.4, 0.5) is 11.7 Å². The van der Waals surface area contributed by atoms with E-state index < -0.39 is 0 Å². The van der Waals surface area contributed by atoms with E-state index in [1.165, 1.54) is 0 Å². The van der Waals surface area contributed by atoms with E-state index in [1.807, 2.05) is 43.4 Å². The summed E-state index contributed by atoms with van der Waals surface area (Å²) >= 11 is 0. The van der Waals surface area contributed by atoms with Crippen LogP contribution < -0.4 is 10.5 Å². The molecule has 4 heteroatoms. The molecule has 0 aliphatic rings. The minimum atomic E-state index is -0.372. The van der Waals surface area contributed by atoms with Crippen LogP contribution in [-0.4, -0.2) is 12.0 Å². The maximum atomic E-state index is 11.9. The Morgan fingerprint density at radius 1 is 1.00 bits per heavy atom. The van der Waals surface area contributed by atoms with Gasteiger partial charge in [-0.2, -0.15) is 4.98 Å². The molecular formula is C15H12N2O2.